The molecule has 42 heavy (non-hydrogen) atoms. The van der Waals surface area contributed by atoms with Gasteiger partial charge in [0.05, 0.1) is 41.8 Å². The van der Waals surface area contributed by atoms with Crippen LogP contribution in [0.1, 0.15) is 40.9 Å². The number of rotatable bonds is 6. The van der Waals surface area contributed by atoms with E-state index in [1.807, 2.05) is 4.90 Å². The second-order valence-electron chi connectivity index (χ2n) is 10.3. The van der Waals surface area contributed by atoms with Crippen LogP contribution in [0.15, 0.2) is 49.1 Å². The van der Waals surface area contributed by atoms with E-state index in [2.05, 4.69) is 15.0 Å². The average Bonchev–Trinajstić information content (AvgIpc) is 3.39. The van der Waals surface area contributed by atoms with Gasteiger partial charge < -0.3 is 14.4 Å². The largest absolute Gasteiger partial charge is 0.481 e. The van der Waals surface area contributed by atoms with Crippen LogP contribution in [0.25, 0.3) is 10.9 Å². The van der Waals surface area contributed by atoms with Crippen molar-refractivity contribution < 1.29 is 36.2 Å². The van der Waals surface area contributed by atoms with E-state index in [-0.39, 0.29) is 60.2 Å². The number of fused-ring (bicyclic) bond motifs is 1. The summed E-state index contributed by atoms with van der Waals surface area (Å²) in [6.07, 6.45) is -5.35. The number of aliphatic hydroxyl groups is 1. The number of imidazole rings is 1. The minimum Gasteiger partial charge on any atom is -0.481 e. The van der Waals surface area contributed by atoms with Crippen molar-refractivity contribution in [3.63, 3.8) is 0 Å². The number of methoxy groups -OCH3 is 1. The zero-order chi connectivity index (χ0) is 30.4. The Labute approximate surface area is 241 Å². The number of likely N-dealkylation sites (tertiary alicyclic amines) is 1. The maximum Gasteiger partial charge on any atom is 0.433 e. The Kier molecular flexibility index (Phi) is 7.88. The topological polar surface area (TPSA) is 76.3 Å². The van der Waals surface area contributed by atoms with Crippen molar-refractivity contribution in [1.29, 1.82) is 0 Å². The number of piperidine rings is 1. The number of pyridine rings is 2. The SMILES string of the molecule is COc1nc2ccc([C@](O)(c3ccnc(C(F)(F)F)c3)c3cncn3C)cc2c(Cl)c1CN1CCC(C(F)(F)F)CC1. The van der Waals surface area contributed by atoms with Crippen molar-refractivity contribution in [2.45, 2.75) is 37.3 Å². The Hall–Kier alpha value is -3.42. The number of hydrogen-bond acceptors (Lipinski definition) is 6. The molecule has 1 atom stereocenters. The Morgan fingerprint density at radius 3 is 2.33 bits per heavy atom. The third kappa shape index (κ3) is 5.52. The van der Waals surface area contributed by atoms with Crippen LogP contribution in [0, 0.1) is 5.92 Å². The third-order valence-electron chi connectivity index (χ3n) is 7.68. The first-order chi connectivity index (χ1) is 19.7. The lowest BCUT2D eigenvalue weighted by Gasteiger charge is -2.33. The van der Waals surface area contributed by atoms with Gasteiger partial charge in [-0.15, -0.1) is 0 Å². The third-order valence-corrected chi connectivity index (χ3v) is 8.11. The molecule has 4 heterocycles. The summed E-state index contributed by atoms with van der Waals surface area (Å²) in [5, 5.41) is 12.8. The number of aromatic nitrogens is 4. The van der Waals surface area contributed by atoms with E-state index in [0.29, 0.717) is 16.5 Å². The molecule has 3 aromatic heterocycles. The highest BCUT2D eigenvalue weighted by Gasteiger charge is 2.42. The van der Waals surface area contributed by atoms with Crippen LogP contribution in [0.3, 0.4) is 0 Å². The Morgan fingerprint density at radius 2 is 1.74 bits per heavy atom. The van der Waals surface area contributed by atoms with E-state index in [1.54, 1.807) is 13.1 Å². The van der Waals surface area contributed by atoms with Crippen molar-refractivity contribution in [3.05, 3.63) is 82.2 Å². The van der Waals surface area contributed by atoms with Crippen molar-refractivity contribution in [3.8, 4) is 5.88 Å². The smallest absolute Gasteiger partial charge is 0.433 e. The van der Waals surface area contributed by atoms with Gasteiger partial charge in [0.25, 0.3) is 0 Å². The molecule has 224 valence electrons. The lowest BCUT2D eigenvalue weighted by Crippen LogP contribution is -2.38. The molecule has 14 heteroatoms. The molecule has 0 spiro atoms. The van der Waals surface area contributed by atoms with Gasteiger partial charge >= 0.3 is 12.4 Å². The molecule has 7 nitrogen and oxygen atoms in total. The van der Waals surface area contributed by atoms with Crippen LogP contribution < -0.4 is 4.74 Å². The van der Waals surface area contributed by atoms with Gasteiger partial charge in [0, 0.05) is 30.7 Å². The average molecular weight is 614 g/mol. The first-order valence-electron chi connectivity index (χ1n) is 12.9. The number of benzene rings is 1. The second kappa shape index (κ2) is 11.0. The van der Waals surface area contributed by atoms with Gasteiger partial charge in [0.2, 0.25) is 5.88 Å². The van der Waals surface area contributed by atoms with Gasteiger partial charge in [-0.05, 0) is 61.3 Å². The number of alkyl halides is 6. The summed E-state index contributed by atoms with van der Waals surface area (Å²) < 4.78 is 87.1. The summed E-state index contributed by atoms with van der Waals surface area (Å²) in [7, 11) is 3.00. The minimum atomic E-state index is -4.75. The maximum atomic E-state index is 13.6. The Balaban J connectivity index is 1.60. The summed E-state index contributed by atoms with van der Waals surface area (Å²) in [6.45, 7) is 0.572. The first-order valence-corrected chi connectivity index (χ1v) is 13.3. The van der Waals surface area contributed by atoms with Gasteiger partial charge in [-0.1, -0.05) is 17.7 Å². The number of ether oxygens (including phenoxy) is 1. The highest BCUT2D eigenvalue weighted by molar-refractivity contribution is 6.36. The molecule has 1 aromatic carbocycles. The normalized spacial score (nSPS) is 17.0. The quantitative estimate of drug-likeness (QED) is 0.265. The summed E-state index contributed by atoms with van der Waals surface area (Å²) in [6, 6.07) is 6.68. The molecule has 1 aliphatic rings. The fourth-order valence-electron chi connectivity index (χ4n) is 5.39. The molecule has 1 saturated heterocycles. The van der Waals surface area contributed by atoms with E-state index >= 15 is 0 Å². The molecule has 0 radical (unpaired) electrons. The van der Waals surface area contributed by atoms with Crippen LogP contribution in [0.5, 0.6) is 5.88 Å². The van der Waals surface area contributed by atoms with Crippen LogP contribution in [0.4, 0.5) is 26.3 Å². The monoisotopic (exact) mass is 613 g/mol. The molecule has 4 aromatic rings. The van der Waals surface area contributed by atoms with Gasteiger partial charge in [-0.3, -0.25) is 9.88 Å². The predicted octanol–water partition coefficient (Wildman–Crippen LogP) is 6.10. The summed E-state index contributed by atoms with van der Waals surface area (Å²) in [5.41, 5.74) is -2.18. The zero-order valence-corrected chi connectivity index (χ0v) is 23.2. The Bertz CT molecular complexity index is 1600. The van der Waals surface area contributed by atoms with E-state index < -0.39 is 29.6 Å². The lowest BCUT2D eigenvalue weighted by atomic mass is 9.83. The molecular weight excluding hydrogens is 588 g/mol. The number of hydrogen-bond donors (Lipinski definition) is 1. The predicted molar refractivity (Wildman–Crippen MR) is 142 cm³/mol. The standard InChI is InChI=1S/C28H26ClF6N5O2/c1-39-15-36-13-23(39)26(41,18-5-8-37-22(12-18)28(33,34)35)17-3-4-21-19(11-17)24(29)20(25(38-21)42-2)14-40-9-6-16(7-10-40)27(30,31)32/h3-5,8,11-13,15-16,41H,6-7,9-10,14H2,1-2H3/t26-/m0/s1. The fraction of sp³-hybridized carbons (Fsp3) is 0.393. The van der Waals surface area contributed by atoms with Crippen molar-refractivity contribution in [2.24, 2.45) is 13.0 Å². The summed E-state index contributed by atoms with van der Waals surface area (Å²) in [4.78, 5) is 13.8. The number of nitrogens with zero attached hydrogens (tertiary/aromatic N) is 5. The van der Waals surface area contributed by atoms with Crippen LogP contribution in [-0.2, 0) is 25.4 Å². The second-order valence-corrected chi connectivity index (χ2v) is 10.6. The van der Waals surface area contributed by atoms with E-state index in [4.69, 9.17) is 16.3 Å². The van der Waals surface area contributed by atoms with Gasteiger partial charge in [-0.25, -0.2) is 9.97 Å². The molecule has 0 amide bonds. The van der Waals surface area contributed by atoms with Crippen molar-refractivity contribution >= 4 is 22.5 Å². The molecule has 1 fully saturated rings. The lowest BCUT2D eigenvalue weighted by molar-refractivity contribution is -0.185. The van der Waals surface area contributed by atoms with E-state index in [0.717, 1.165) is 12.3 Å². The van der Waals surface area contributed by atoms with Gasteiger partial charge in [-0.2, -0.15) is 26.3 Å². The van der Waals surface area contributed by atoms with E-state index in [9.17, 15) is 31.4 Å². The molecule has 0 unspecified atom stereocenters. The molecule has 0 aliphatic carbocycles. The molecule has 0 saturated carbocycles. The molecule has 1 N–H and O–H groups in total. The van der Waals surface area contributed by atoms with Crippen LogP contribution in [-0.4, -0.2) is 55.9 Å². The van der Waals surface area contributed by atoms with Crippen LogP contribution in [0.2, 0.25) is 5.02 Å². The summed E-state index contributed by atoms with van der Waals surface area (Å²) in [5.74, 6) is -1.16. The van der Waals surface area contributed by atoms with Crippen molar-refractivity contribution in [2.75, 3.05) is 20.2 Å². The van der Waals surface area contributed by atoms with E-state index in [1.165, 1.54) is 42.4 Å². The van der Waals surface area contributed by atoms with Gasteiger partial charge in [0.15, 0.2) is 5.60 Å². The molecule has 5 rings (SSSR count). The van der Waals surface area contributed by atoms with Crippen molar-refractivity contribution in [1.82, 2.24) is 24.4 Å². The first kappa shape index (κ1) is 30.1. The fourth-order valence-corrected chi connectivity index (χ4v) is 5.69. The zero-order valence-electron chi connectivity index (χ0n) is 22.5. The highest BCUT2D eigenvalue weighted by atomic mass is 35.5. The number of aryl methyl sites for hydroxylation is 1. The minimum absolute atomic E-state index is 0.0435. The van der Waals surface area contributed by atoms with Gasteiger partial charge in [0.1, 0.15) is 5.69 Å². The van der Waals surface area contributed by atoms with Crippen LogP contribution >= 0.6 is 11.6 Å². The number of halogens is 7. The highest BCUT2D eigenvalue weighted by Crippen LogP contribution is 2.42. The molecule has 1 aliphatic heterocycles. The summed E-state index contributed by atoms with van der Waals surface area (Å²) >= 11 is 6.87. The molecule has 0 bridgehead atoms. The molecular formula is C28H26ClF6N5O2. The Morgan fingerprint density at radius 1 is 1.05 bits per heavy atom. The maximum absolute atomic E-state index is 13.6.